The minimum absolute atomic E-state index is 0.0470. The van der Waals surface area contributed by atoms with Crippen molar-refractivity contribution >= 4 is 5.97 Å². The zero-order valence-electron chi connectivity index (χ0n) is 10.9. The molecule has 0 saturated carbocycles. The van der Waals surface area contributed by atoms with Crippen LogP contribution in [0.25, 0.3) is 23.0 Å². The van der Waals surface area contributed by atoms with Gasteiger partial charge >= 0.3 is 5.97 Å². The topological polar surface area (TPSA) is 114 Å². The second kappa shape index (κ2) is 5.08. The number of methoxy groups -OCH3 is 1. The number of aromatic nitrogens is 4. The number of benzene rings is 1. The van der Waals surface area contributed by atoms with E-state index in [2.05, 4.69) is 20.1 Å². The first kappa shape index (κ1) is 12.9. The van der Waals surface area contributed by atoms with Crippen molar-refractivity contribution in [2.24, 2.45) is 0 Å². The van der Waals surface area contributed by atoms with Crippen LogP contribution in [0.4, 0.5) is 0 Å². The van der Waals surface area contributed by atoms with E-state index in [-0.39, 0.29) is 17.3 Å². The SMILES string of the molecule is COc1ccccc1-c1noc(-c2[nH]cnc2C(=O)O)n1. The van der Waals surface area contributed by atoms with Crippen molar-refractivity contribution in [3.05, 3.63) is 36.3 Å². The molecule has 106 valence electrons. The number of aromatic amines is 1. The molecule has 2 heterocycles. The molecule has 8 nitrogen and oxygen atoms in total. The third kappa shape index (κ3) is 2.22. The van der Waals surface area contributed by atoms with Crippen molar-refractivity contribution in [1.82, 2.24) is 20.1 Å². The zero-order chi connectivity index (χ0) is 14.8. The average Bonchev–Trinajstić information content (AvgIpc) is 3.15. The lowest BCUT2D eigenvalue weighted by Gasteiger charge is -2.02. The number of carboxylic acids is 1. The smallest absolute Gasteiger partial charge is 0.356 e. The van der Waals surface area contributed by atoms with E-state index in [0.29, 0.717) is 17.1 Å². The number of aromatic carboxylic acids is 1. The van der Waals surface area contributed by atoms with Crippen LogP contribution in [0.1, 0.15) is 10.5 Å². The Labute approximate surface area is 118 Å². The summed E-state index contributed by atoms with van der Waals surface area (Å²) < 4.78 is 10.3. The standard InChI is InChI=1S/C13H10N4O4/c1-20-8-5-3-2-4-7(8)11-16-12(21-17-11)9-10(13(18)19)15-6-14-9/h2-6H,1H3,(H,14,15)(H,18,19). The van der Waals surface area contributed by atoms with Crippen LogP contribution < -0.4 is 4.74 Å². The number of carboxylic acid groups (broad SMARTS) is 1. The molecule has 0 spiro atoms. The predicted molar refractivity (Wildman–Crippen MR) is 70.8 cm³/mol. The molecule has 2 N–H and O–H groups in total. The molecule has 3 aromatic rings. The van der Waals surface area contributed by atoms with Gasteiger partial charge in [0.15, 0.2) is 5.69 Å². The summed E-state index contributed by atoms with van der Waals surface area (Å²) in [5.74, 6) is -0.240. The largest absolute Gasteiger partial charge is 0.496 e. The maximum absolute atomic E-state index is 11.0. The number of nitrogens with one attached hydrogen (secondary N) is 1. The molecule has 0 amide bonds. The number of hydrogen-bond donors (Lipinski definition) is 2. The zero-order valence-corrected chi connectivity index (χ0v) is 10.9. The number of ether oxygens (including phenoxy) is 1. The summed E-state index contributed by atoms with van der Waals surface area (Å²) in [4.78, 5) is 21.6. The maximum atomic E-state index is 11.0. The highest BCUT2D eigenvalue weighted by molar-refractivity contribution is 5.91. The lowest BCUT2D eigenvalue weighted by atomic mass is 10.2. The molecule has 21 heavy (non-hydrogen) atoms. The lowest BCUT2D eigenvalue weighted by Crippen LogP contribution is -1.99. The van der Waals surface area contributed by atoms with Crippen molar-refractivity contribution < 1.29 is 19.2 Å². The van der Waals surface area contributed by atoms with E-state index >= 15 is 0 Å². The molecule has 0 radical (unpaired) electrons. The van der Waals surface area contributed by atoms with Crippen LogP contribution in [0.3, 0.4) is 0 Å². The molecule has 8 heteroatoms. The van der Waals surface area contributed by atoms with E-state index in [1.54, 1.807) is 12.1 Å². The predicted octanol–water partition coefficient (Wildman–Crippen LogP) is 1.83. The highest BCUT2D eigenvalue weighted by Crippen LogP contribution is 2.29. The molecule has 2 aromatic heterocycles. The quantitative estimate of drug-likeness (QED) is 0.751. The van der Waals surface area contributed by atoms with Gasteiger partial charge in [0.1, 0.15) is 11.4 Å². The minimum atomic E-state index is -1.18. The van der Waals surface area contributed by atoms with Gasteiger partial charge in [-0.2, -0.15) is 4.98 Å². The Balaban J connectivity index is 2.04. The van der Waals surface area contributed by atoms with Gasteiger partial charge in [0.25, 0.3) is 5.89 Å². The van der Waals surface area contributed by atoms with E-state index in [9.17, 15) is 4.79 Å². The van der Waals surface area contributed by atoms with Gasteiger partial charge in [-0.15, -0.1) is 0 Å². The Bertz CT molecular complexity index is 793. The van der Waals surface area contributed by atoms with Crippen molar-refractivity contribution in [1.29, 1.82) is 0 Å². The summed E-state index contributed by atoms with van der Waals surface area (Å²) in [6.45, 7) is 0. The van der Waals surface area contributed by atoms with E-state index in [1.165, 1.54) is 13.4 Å². The number of nitrogens with zero attached hydrogens (tertiary/aromatic N) is 3. The summed E-state index contributed by atoms with van der Waals surface area (Å²) in [5, 5.41) is 12.9. The molecule has 1 aromatic carbocycles. The fourth-order valence-corrected chi connectivity index (χ4v) is 1.88. The van der Waals surface area contributed by atoms with Crippen LogP contribution in [0, 0.1) is 0 Å². The Morgan fingerprint density at radius 1 is 1.38 bits per heavy atom. The Morgan fingerprint density at radius 3 is 2.95 bits per heavy atom. The highest BCUT2D eigenvalue weighted by Gasteiger charge is 2.21. The van der Waals surface area contributed by atoms with Crippen molar-refractivity contribution in [3.8, 4) is 28.7 Å². The molecule has 3 rings (SSSR count). The summed E-state index contributed by atoms with van der Waals surface area (Å²) >= 11 is 0. The van der Waals surface area contributed by atoms with Crippen LogP contribution in [0.5, 0.6) is 5.75 Å². The molecule has 0 atom stereocenters. The average molecular weight is 286 g/mol. The summed E-state index contributed by atoms with van der Waals surface area (Å²) in [6.07, 6.45) is 1.26. The van der Waals surface area contributed by atoms with Gasteiger partial charge in [-0.3, -0.25) is 0 Å². The number of carbonyl (C=O) groups is 1. The lowest BCUT2D eigenvalue weighted by molar-refractivity contribution is 0.0691. The third-order valence-corrected chi connectivity index (χ3v) is 2.83. The van der Waals surface area contributed by atoms with Gasteiger partial charge in [-0.1, -0.05) is 17.3 Å². The fraction of sp³-hybridized carbons (Fsp3) is 0.0769. The van der Waals surface area contributed by atoms with E-state index < -0.39 is 5.97 Å². The molecule has 0 bridgehead atoms. The molecule has 0 aliphatic heterocycles. The van der Waals surface area contributed by atoms with Crippen LogP contribution in [0.2, 0.25) is 0 Å². The van der Waals surface area contributed by atoms with E-state index in [4.69, 9.17) is 14.4 Å². The first-order valence-corrected chi connectivity index (χ1v) is 5.95. The number of imidazole rings is 1. The first-order chi connectivity index (χ1) is 10.2. The molecular formula is C13H10N4O4. The third-order valence-electron chi connectivity index (χ3n) is 2.83. The van der Waals surface area contributed by atoms with Gasteiger partial charge < -0.3 is 19.4 Å². The first-order valence-electron chi connectivity index (χ1n) is 5.95. The van der Waals surface area contributed by atoms with Crippen LogP contribution >= 0.6 is 0 Å². The molecule has 0 aliphatic rings. The second-order valence-corrected chi connectivity index (χ2v) is 4.05. The van der Waals surface area contributed by atoms with Crippen LogP contribution in [0.15, 0.2) is 35.1 Å². The van der Waals surface area contributed by atoms with Gasteiger partial charge in [-0.05, 0) is 12.1 Å². The Kier molecular flexibility index (Phi) is 3.11. The molecule has 0 fully saturated rings. The summed E-state index contributed by atoms with van der Waals surface area (Å²) in [5.41, 5.74) is 0.632. The second-order valence-electron chi connectivity index (χ2n) is 4.05. The Morgan fingerprint density at radius 2 is 2.19 bits per heavy atom. The summed E-state index contributed by atoms with van der Waals surface area (Å²) in [7, 11) is 1.54. The highest BCUT2D eigenvalue weighted by atomic mass is 16.5. The fourth-order valence-electron chi connectivity index (χ4n) is 1.88. The number of H-pyrrole nitrogens is 1. The maximum Gasteiger partial charge on any atom is 0.356 e. The van der Waals surface area contributed by atoms with Crippen LogP contribution in [-0.2, 0) is 0 Å². The number of para-hydroxylation sites is 1. The van der Waals surface area contributed by atoms with E-state index in [0.717, 1.165) is 0 Å². The van der Waals surface area contributed by atoms with Crippen molar-refractivity contribution in [3.63, 3.8) is 0 Å². The molecular weight excluding hydrogens is 276 g/mol. The molecule has 0 unspecified atom stereocenters. The van der Waals surface area contributed by atoms with Gasteiger partial charge in [0, 0.05) is 0 Å². The number of rotatable bonds is 4. The van der Waals surface area contributed by atoms with Crippen molar-refractivity contribution in [2.75, 3.05) is 7.11 Å². The molecule has 0 aliphatic carbocycles. The summed E-state index contributed by atoms with van der Waals surface area (Å²) in [6, 6.07) is 7.18. The minimum Gasteiger partial charge on any atom is -0.496 e. The van der Waals surface area contributed by atoms with Crippen molar-refractivity contribution in [2.45, 2.75) is 0 Å². The normalized spacial score (nSPS) is 10.5. The van der Waals surface area contributed by atoms with Crippen LogP contribution in [-0.4, -0.2) is 38.3 Å². The van der Waals surface area contributed by atoms with E-state index in [1.807, 2.05) is 12.1 Å². The molecule has 0 saturated heterocycles. The number of hydrogen-bond acceptors (Lipinski definition) is 6. The Hall–Kier alpha value is -3.16. The monoisotopic (exact) mass is 286 g/mol. The van der Waals surface area contributed by atoms with Gasteiger partial charge in [0.2, 0.25) is 5.82 Å². The van der Waals surface area contributed by atoms with Gasteiger partial charge in [-0.25, -0.2) is 9.78 Å². The van der Waals surface area contributed by atoms with Gasteiger partial charge in [0.05, 0.1) is 19.0 Å².